The van der Waals surface area contributed by atoms with Crippen LogP contribution < -0.4 is 0 Å². The molecule has 1 amide bonds. The zero-order chi connectivity index (χ0) is 14.7. The van der Waals surface area contributed by atoms with E-state index in [2.05, 4.69) is 28.7 Å². The van der Waals surface area contributed by atoms with Gasteiger partial charge in [-0.15, -0.1) is 0 Å². The van der Waals surface area contributed by atoms with Gasteiger partial charge in [-0.25, -0.2) is 4.98 Å². The molecule has 0 spiro atoms. The summed E-state index contributed by atoms with van der Waals surface area (Å²) in [5.74, 6) is 1.28. The Morgan fingerprint density at radius 3 is 2.65 bits per heavy atom. The summed E-state index contributed by atoms with van der Waals surface area (Å²) < 4.78 is 0. The molecule has 112 valence electrons. The van der Waals surface area contributed by atoms with Gasteiger partial charge < -0.3 is 14.8 Å². The number of likely N-dealkylation sites (tertiary alicyclic amines) is 1. The Labute approximate surface area is 121 Å². The van der Waals surface area contributed by atoms with Crippen LogP contribution in [0.2, 0.25) is 0 Å². The van der Waals surface area contributed by atoms with Gasteiger partial charge >= 0.3 is 0 Å². The van der Waals surface area contributed by atoms with E-state index in [0.717, 1.165) is 37.4 Å². The molecule has 1 fully saturated rings. The van der Waals surface area contributed by atoms with Crippen LogP contribution in [0.1, 0.15) is 38.2 Å². The summed E-state index contributed by atoms with van der Waals surface area (Å²) in [6.07, 6.45) is 3.74. The highest BCUT2D eigenvalue weighted by molar-refractivity contribution is 5.78. The van der Waals surface area contributed by atoms with Gasteiger partial charge in [0.1, 0.15) is 5.82 Å². The van der Waals surface area contributed by atoms with Gasteiger partial charge in [0.25, 0.3) is 0 Å². The van der Waals surface area contributed by atoms with Gasteiger partial charge in [-0.05, 0) is 46.7 Å². The molecular weight excluding hydrogens is 252 g/mol. The molecule has 1 aliphatic heterocycles. The summed E-state index contributed by atoms with van der Waals surface area (Å²) in [7, 11) is 1.87. The lowest BCUT2D eigenvalue weighted by Gasteiger charge is -2.35. The van der Waals surface area contributed by atoms with Gasteiger partial charge in [-0.1, -0.05) is 0 Å². The zero-order valence-corrected chi connectivity index (χ0v) is 13.0. The number of carbonyl (C=O) groups is 1. The van der Waals surface area contributed by atoms with Crippen LogP contribution >= 0.6 is 0 Å². The minimum atomic E-state index is 0.172. The molecule has 0 radical (unpaired) electrons. The molecule has 5 heteroatoms. The van der Waals surface area contributed by atoms with Gasteiger partial charge in [0, 0.05) is 30.9 Å². The van der Waals surface area contributed by atoms with Crippen LogP contribution in [0.15, 0.2) is 6.20 Å². The summed E-state index contributed by atoms with van der Waals surface area (Å²) in [5, 5.41) is 0. The monoisotopic (exact) mass is 278 g/mol. The standard InChI is InChI=1S/C15H26N4O/c1-11(2)19-7-5-13(6-8-19)15(20)18(4)10-14-16-9-12(3)17-14/h9,11,13H,5-8,10H2,1-4H3,(H,16,17). The minimum Gasteiger partial charge on any atom is -0.345 e. The number of hydrogen-bond donors (Lipinski definition) is 1. The van der Waals surface area contributed by atoms with Gasteiger partial charge in [0.2, 0.25) is 5.91 Å². The second-order valence-electron chi connectivity index (χ2n) is 6.11. The van der Waals surface area contributed by atoms with E-state index in [1.165, 1.54) is 0 Å². The second kappa shape index (κ2) is 6.39. The van der Waals surface area contributed by atoms with Gasteiger partial charge in [-0.2, -0.15) is 0 Å². The fourth-order valence-corrected chi connectivity index (χ4v) is 2.82. The normalized spacial score (nSPS) is 17.6. The summed E-state index contributed by atoms with van der Waals surface area (Å²) in [6, 6.07) is 0.579. The predicted molar refractivity (Wildman–Crippen MR) is 79.2 cm³/mol. The van der Waals surface area contributed by atoms with E-state index < -0.39 is 0 Å². The van der Waals surface area contributed by atoms with Crippen LogP contribution in [0.4, 0.5) is 0 Å². The lowest BCUT2D eigenvalue weighted by atomic mass is 9.94. The lowest BCUT2D eigenvalue weighted by Crippen LogP contribution is -2.43. The van der Waals surface area contributed by atoms with Crippen molar-refractivity contribution in [3.05, 3.63) is 17.7 Å². The molecule has 2 heterocycles. The quantitative estimate of drug-likeness (QED) is 0.913. The summed E-state index contributed by atoms with van der Waals surface area (Å²) in [5.41, 5.74) is 1.03. The third kappa shape index (κ3) is 3.60. The van der Waals surface area contributed by atoms with E-state index in [4.69, 9.17) is 0 Å². The van der Waals surface area contributed by atoms with E-state index in [1.807, 2.05) is 14.0 Å². The average molecular weight is 278 g/mol. The van der Waals surface area contributed by atoms with Gasteiger partial charge in [0.05, 0.1) is 6.54 Å². The topological polar surface area (TPSA) is 52.2 Å². The predicted octanol–water partition coefficient (Wildman–Crippen LogP) is 1.80. The highest BCUT2D eigenvalue weighted by Crippen LogP contribution is 2.21. The first-order chi connectivity index (χ1) is 9.47. The van der Waals surface area contributed by atoms with Gasteiger partial charge in [-0.3, -0.25) is 4.79 Å². The van der Waals surface area contributed by atoms with E-state index in [0.29, 0.717) is 12.6 Å². The van der Waals surface area contributed by atoms with Crippen molar-refractivity contribution < 1.29 is 4.79 Å². The second-order valence-corrected chi connectivity index (χ2v) is 6.11. The molecule has 0 bridgehead atoms. The Hall–Kier alpha value is -1.36. The molecule has 0 saturated carbocycles. The Kier molecular flexibility index (Phi) is 4.81. The Morgan fingerprint density at radius 2 is 2.15 bits per heavy atom. The van der Waals surface area contributed by atoms with Crippen LogP contribution in [-0.2, 0) is 11.3 Å². The smallest absolute Gasteiger partial charge is 0.225 e. The number of nitrogens with one attached hydrogen (secondary N) is 1. The molecule has 5 nitrogen and oxygen atoms in total. The summed E-state index contributed by atoms with van der Waals surface area (Å²) in [6.45, 7) is 9.03. The third-order valence-electron chi connectivity index (χ3n) is 4.13. The molecular formula is C15H26N4O. The number of amides is 1. The number of H-pyrrole nitrogens is 1. The molecule has 0 aromatic carbocycles. The first-order valence-corrected chi connectivity index (χ1v) is 7.47. The first kappa shape index (κ1) is 15.0. The van der Waals surface area contributed by atoms with Crippen LogP contribution in [-0.4, -0.2) is 51.9 Å². The first-order valence-electron chi connectivity index (χ1n) is 7.47. The van der Waals surface area contributed by atoms with Crippen molar-refractivity contribution in [2.75, 3.05) is 20.1 Å². The molecule has 1 aromatic heterocycles. The van der Waals surface area contributed by atoms with E-state index in [9.17, 15) is 4.79 Å². The van der Waals surface area contributed by atoms with Crippen molar-refractivity contribution in [3.63, 3.8) is 0 Å². The fourth-order valence-electron chi connectivity index (χ4n) is 2.82. The maximum absolute atomic E-state index is 12.5. The maximum atomic E-state index is 12.5. The number of nitrogens with zero attached hydrogens (tertiary/aromatic N) is 3. The largest absolute Gasteiger partial charge is 0.345 e. The van der Waals surface area contributed by atoms with E-state index >= 15 is 0 Å². The third-order valence-corrected chi connectivity index (χ3v) is 4.13. The summed E-state index contributed by atoms with van der Waals surface area (Å²) in [4.78, 5) is 24.1. The highest BCUT2D eigenvalue weighted by Gasteiger charge is 2.28. The summed E-state index contributed by atoms with van der Waals surface area (Å²) >= 11 is 0. The number of aryl methyl sites for hydroxylation is 1. The van der Waals surface area contributed by atoms with Crippen molar-refractivity contribution in [2.45, 2.75) is 46.2 Å². The van der Waals surface area contributed by atoms with Crippen molar-refractivity contribution in [3.8, 4) is 0 Å². The number of carbonyl (C=O) groups excluding carboxylic acids is 1. The highest BCUT2D eigenvalue weighted by atomic mass is 16.2. The van der Waals surface area contributed by atoms with E-state index in [-0.39, 0.29) is 11.8 Å². The molecule has 1 saturated heterocycles. The Bertz CT molecular complexity index is 446. The van der Waals surface area contributed by atoms with Gasteiger partial charge in [0.15, 0.2) is 0 Å². The molecule has 0 atom stereocenters. The number of imidazole rings is 1. The molecule has 20 heavy (non-hydrogen) atoms. The molecule has 2 rings (SSSR count). The van der Waals surface area contributed by atoms with Crippen LogP contribution in [0, 0.1) is 12.8 Å². The molecule has 0 aliphatic carbocycles. The van der Waals surface area contributed by atoms with Crippen molar-refractivity contribution in [2.24, 2.45) is 5.92 Å². The minimum absolute atomic E-state index is 0.172. The molecule has 1 aliphatic rings. The number of rotatable bonds is 4. The SMILES string of the molecule is Cc1cnc(CN(C)C(=O)C2CCN(C(C)C)CC2)[nH]1. The van der Waals surface area contributed by atoms with Crippen LogP contribution in [0.3, 0.4) is 0 Å². The number of hydrogen-bond acceptors (Lipinski definition) is 3. The number of piperidine rings is 1. The van der Waals surface area contributed by atoms with E-state index in [1.54, 1.807) is 11.1 Å². The van der Waals surface area contributed by atoms with Crippen molar-refractivity contribution in [1.82, 2.24) is 19.8 Å². The van der Waals surface area contributed by atoms with Crippen molar-refractivity contribution in [1.29, 1.82) is 0 Å². The molecule has 0 unspecified atom stereocenters. The Balaban J connectivity index is 1.85. The number of aromatic nitrogens is 2. The average Bonchev–Trinajstić information content (AvgIpc) is 2.83. The lowest BCUT2D eigenvalue weighted by molar-refractivity contribution is -0.136. The molecule has 1 N–H and O–H groups in total. The zero-order valence-electron chi connectivity index (χ0n) is 13.0. The van der Waals surface area contributed by atoms with Crippen LogP contribution in [0.5, 0.6) is 0 Å². The fraction of sp³-hybridized carbons (Fsp3) is 0.733. The maximum Gasteiger partial charge on any atom is 0.225 e. The molecule has 1 aromatic rings. The Morgan fingerprint density at radius 1 is 1.50 bits per heavy atom. The van der Waals surface area contributed by atoms with Crippen LogP contribution in [0.25, 0.3) is 0 Å². The number of aromatic amines is 1. The van der Waals surface area contributed by atoms with Crippen molar-refractivity contribution >= 4 is 5.91 Å².